The second kappa shape index (κ2) is 5.13. The van der Waals surface area contributed by atoms with Crippen LogP contribution in [0.3, 0.4) is 0 Å². The molecule has 0 fully saturated rings. The van der Waals surface area contributed by atoms with E-state index in [1.165, 1.54) is 0 Å². The lowest BCUT2D eigenvalue weighted by molar-refractivity contribution is 0.104. The molecule has 0 bridgehead atoms. The van der Waals surface area contributed by atoms with Crippen molar-refractivity contribution in [3.63, 3.8) is 0 Å². The van der Waals surface area contributed by atoms with Crippen LogP contribution in [0.5, 0.6) is 11.5 Å². The fourth-order valence-corrected chi connectivity index (χ4v) is 3.14. The van der Waals surface area contributed by atoms with Crippen molar-refractivity contribution in [2.75, 3.05) is 6.79 Å². The van der Waals surface area contributed by atoms with Gasteiger partial charge in [-0.3, -0.25) is 4.79 Å². The molecule has 1 aliphatic heterocycles. The number of carbonyl (C=O) groups excluding carboxylic acids is 1. The standard InChI is InChI=1S/C16H14O3S/c1-10-8-13(11(2)20-10)14(17)7-6-12-4-3-5-15-16(12)19-9-18-15/h3-8H,9H2,1-2H3. The molecule has 102 valence electrons. The second-order valence-corrected chi connectivity index (χ2v) is 6.07. The van der Waals surface area contributed by atoms with Crippen molar-refractivity contribution in [2.45, 2.75) is 13.8 Å². The first kappa shape index (κ1) is 12.9. The molecule has 2 heterocycles. The highest BCUT2D eigenvalue weighted by atomic mass is 32.1. The zero-order valence-corrected chi connectivity index (χ0v) is 12.1. The molecule has 0 saturated heterocycles. The van der Waals surface area contributed by atoms with Crippen molar-refractivity contribution >= 4 is 23.2 Å². The Hall–Kier alpha value is -2.07. The molecule has 0 unspecified atom stereocenters. The lowest BCUT2D eigenvalue weighted by Gasteiger charge is -2.00. The number of thiophene rings is 1. The van der Waals surface area contributed by atoms with E-state index >= 15 is 0 Å². The van der Waals surface area contributed by atoms with Crippen LogP contribution in [0.2, 0.25) is 0 Å². The predicted octanol–water partition coefficient (Wildman–Crippen LogP) is 3.99. The van der Waals surface area contributed by atoms with Gasteiger partial charge in [-0.25, -0.2) is 0 Å². The summed E-state index contributed by atoms with van der Waals surface area (Å²) < 4.78 is 10.7. The van der Waals surface area contributed by atoms with E-state index in [1.54, 1.807) is 23.5 Å². The normalized spacial score (nSPS) is 13.1. The summed E-state index contributed by atoms with van der Waals surface area (Å²) in [6.45, 7) is 4.21. The number of hydrogen-bond donors (Lipinski definition) is 0. The van der Waals surface area contributed by atoms with Gasteiger partial charge in [-0.15, -0.1) is 11.3 Å². The maximum Gasteiger partial charge on any atom is 0.231 e. The number of benzene rings is 1. The van der Waals surface area contributed by atoms with Crippen LogP contribution in [-0.2, 0) is 0 Å². The highest BCUT2D eigenvalue weighted by Crippen LogP contribution is 2.36. The lowest BCUT2D eigenvalue weighted by Crippen LogP contribution is -1.94. The zero-order valence-electron chi connectivity index (χ0n) is 11.3. The summed E-state index contributed by atoms with van der Waals surface area (Å²) in [5.41, 5.74) is 1.63. The molecule has 0 saturated carbocycles. The van der Waals surface area contributed by atoms with Gasteiger partial charge in [-0.2, -0.15) is 0 Å². The first-order valence-electron chi connectivity index (χ1n) is 6.33. The molecule has 1 aromatic heterocycles. The minimum atomic E-state index is 0.0170. The molecule has 0 amide bonds. The van der Waals surface area contributed by atoms with Gasteiger partial charge in [0.15, 0.2) is 17.3 Å². The number of allylic oxidation sites excluding steroid dienone is 1. The van der Waals surface area contributed by atoms with Gasteiger partial charge in [0.2, 0.25) is 6.79 Å². The van der Waals surface area contributed by atoms with Gasteiger partial charge in [0.05, 0.1) is 0 Å². The first-order chi connectivity index (χ1) is 9.65. The van der Waals surface area contributed by atoms with Crippen LogP contribution in [0.15, 0.2) is 30.3 Å². The quantitative estimate of drug-likeness (QED) is 0.632. The summed E-state index contributed by atoms with van der Waals surface area (Å²) in [5, 5.41) is 0. The summed E-state index contributed by atoms with van der Waals surface area (Å²) in [7, 11) is 0. The van der Waals surface area contributed by atoms with Crippen LogP contribution in [0.1, 0.15) is 25.7 Å². The van der Waals surface area contributed by atoms with E-state index in [4.69, 9.17) is 9.47 Å². The number of rotatable bonds is 3. The van der Waals surface area contributed by atoms with Gasteiger partial charge in [-0.1, -0.05) is 12.1 Å². The molecule has 0 radical (unpaired) electrons. The highest BCUT2D eigenvalue weighted by Gasteiger charge is 2.16. The molecular formula is C16H14O3S. The van der Waals surface area contributed by atoms with Crippen LogP contribution < -0.4 is 9.47 Å². The third-order valence-electron chi connectivity index (χ3n) is 3.15. The maximum absolute atomic E-state index is 12.2. The van der Waals surface area contributed by atoms with E-state index in [1.807, 2.05) is 38.1 Å². The van der Waals surface area contributed by atoms with Crippen LogP contribution >= 0.6 is 11.3 Å². The Morgan fingerprint density at radius 1 is 1.30 bits per heavy atom. The van der Waals surface area contributed by atoms with Crippen molar-refractivity contribution in [3.05, 3.63) is 51.2 Å². The Labute approximate surface area is 121 Å². The van der Waals surface area contributed by atoms with Crippen molar-refractivity contribution in [3.8, 4) is 11.5 Å². The van der Waals surface area contributed by atoms with Crippen molar-refractivity contribution < 1.29 is 14.3 Å². The van der Waals surface area contributed by atoms with E-state index in [9.17, 15) is 4.79 Å². The van der Waals surface area contributed by atoms with E-state index in [2.05, 4.69) is 0 Å². The van der Waals surface area contributed by atoms with Gasteiger partial charge in [-0.05, 0) is 38.1 Å². The molecule has 1 aromatic carbocycles. The Morgan fingerprint density at radius 3 is 2.90 bits per heavy atom. The molecule has 3 nitrogen and oxygen atoms in total. The summed E-state index contributed by atoms with van der Waals surface area (Å²) >= 11 is 1.64. The maximum atomic E-state index is 12.2. The molecule has 0 N–H and O–H groups in total. The third-order valence-corrected chi connectivity index (χ3v) is 4.11. The number of ketones is 1. The molecule has 20 heavy (non-hydrogen) atoms. The van der Waals surface area contributed by atoms with Crippen LogP contribution in [0.25, 0.3) is 6.08 Å². The fourth-order valence-electron chi connectivity index (χ4n) is 2.21. The van der Waals surface area contributed by atoms with Crippen LogP contribution in [0, 0.1) is 13.8 Å². The molecule has 0 spiro atoms. The summed E-state index contributed by atoms with van der Waals surface area (Å²) in [5.74, 6) is 1.44. The minimum Gasteiger partial charge on any atom is -0.454 e. The van der Waals surface area contributed by atoms with Gasteiger partial charge in [0.25, 0.3) is 0 Å². The summed E-state index contributed by atoms with van der Waals surface area (Å²) in [6, 6.07) is 7.58. The Kier molecular flexibility index (Phi) is 3.32. The van der Waals surface area contributed by atoms with Crippen LogP contribution in [0.4, 0.5) is 0 Å². The number of carbonyl (C=O) groups is 1. The van der Waals surface area contributed by atoms with Crippen molar-refractivity contribution in [1.82, 2.24) is 0 Å². The molecule has 0 atom stereocenters. The molecule has 2 aromatic rings. The van der Waals surface area contributed by atoms with Gasteiger partial charge >= 0.3 is 0 Å². The number of aryl methyl sites for hydroxylation is 2. The molecule has 4 heteroatoms. The minimum absolute atomic E-state index is 0.0170. The number of para-hydroxylation sites is 1. The Balaban J connectivity index is 1.86. The second-order valence-electron chi connectivity index (χ2n) is 4.61. The average molecular weight is 286 g/mol. The van der Waals surface area contributed by atoms with Crippen molar-refractivity contribution in [1.29, 1.82) is 0 Å². The van der Waals surface area contributed by atoms with Gasteiger partial charge in [0.1, 0.15) is 0 Å². The summed E-state index contributed by atoms with van der Waals surface area (Å²) in [4.78, 5) is 14.4. The topological polar surface area (TPSA) is 35.5 Å². The fraction of sp³-hybridized carbons (Fsp3) is 0.188. The molecule has 1 aliphatic rings. The number of fused-ring (bicyclic) bond motifs is 1. The monoisotopic (exact) mass is 286 g/mol. The van der Waals surface area contributed by atoms with Crippen LogP contribution in [-0.4, -0.2) is 12.6 Å². The lowest BCUT2D eigenvalue weighted by atomic mass is 10.1. The van der Waals surface area contributed by atoms with E-state index in [-0.39, 0.29) is 12.6 Å². The average Bonchev–Trinajstić information content (AvgIpc) is 3.02. The van der Waals surface area contributed by atoms with Crippen molar-refractivity contribution in [2.24, 2.45) is 0 Å². The number of hydrogen-bond acceptors (Lipinski definition) is 4. The first-order valence-corrected chi connectivity index (χ1v) is 7.15. The molecular weight excluding hydrogens is 272 g/mol. The Bertz CT molecular complexity index is 698. The predicted molar refractivity (Wildman–Crippen MR) is 79.7 cm³/mol. The summed E-state index contributed by atoms with van der Waals surface area (Å²) in [6.07, 6.45) is 3.37. The Morgan fingerprint density at radius 2 is 2.15 bits per heavy atom. The third kappa shape index (κ3) is 2.34. The largest absolute Gasteiger partial charge is 0.454 e. The number of ether oxygens (including phenoxy) is 2. The van der Waals surface area contributed by atoms with Gasteiger partial charge in [0, 0.05) is 20.9 Å². The van der Waals surface area contributed by atoms with E-state index in [0.29, 0.717) is 5.75 Å². The highest BCUT2D eigenvalue weighted by molar-refractivity contribution is 7.12. The zero-order chi connectivity index (χ0) is 14.1. The SMILES string of the molecule is Cc1cc(C(=O)C=Cc2cccc3c2OCO3)c(C)s1. The van der Waals surface area contributed by atoms with E-state index < -0.39 is 0 Å². The molecule has 3 rings (SSSR count). The molecule has 0 aliphatic carbocycles. The van der Waals surface area contributed by atoms with E-state index in [0.717, 1.165) is 26.6 Å². The van der Waals surface area contributed by atoms with Gasteiger partial charge < -0.3 is 9.47 Å². The smallest absolute Gasteiger partial charge is 0.231 e.